The van der Waals surface area contributed by atoms with Crippen LogP contribution in [-0.4, -0.2) is 41.6 Å². The zero-order valence-electron chi connectivity index (χ0n) is 12.6. The summed E-state index contributed by atoms with van der Waals surface area (Å²) in [4.78, 5) is 4.91. The predicted octanol–water partition coefficient (Wildman–Crippen LogP) is 1.98. The van der Waals surface area contributed by atoms with Gasteiger partial charge in [0.25, 0.3) is 0 Å². The Bertz CT molecular complexity index is 660. The molecule has 0 aliphatic carbocycles. The zero-order valence-corrected chi connectivity index (χ0v) is 12.6. The Morgan fingerprint density at radius 3 is 2.55 bits per heavy atom. The molecular weight excluding hydrogens is 282 g/mol. The van der Waals surface area contributed by atoms with Gasteiger partial charge >= 0.3 is 0 Å². The predicted molar refractivity (Wildman–Crippen MR) is 77.7 cm³/mol. The second kappa shape index (κ2) is 5.44. The molecule has 0 radical (unpaired) electrons. The van der Waals surface area contributed by atoms with Crippen LogP contribution in [0, 0.1) is 6.92 Å². The van der Waals surface area contributed by atoms with Gasteiger partial charge in [-0.1, -0.05) is 6.07 Å². The number of aromatic nitrogens is 3. The summed E-state index contributed by atoms with van der Waals surface area (Å²) in [6, 6.07) is 6.20. The highest BCUT2D eigenvalue weighted by molar-refractivity contribution is 5.31. The van der Waals surface area contributed by atoms with Gasteiger partial charge in [-0.3, -0.25) is 4.98 Å². The van der Waals surface area contributed by atoms with Crippen molar-refractivity contribution in [1.82, 2.24) is 15.2 Å². The standard InChI is InChI=1S/C16H19N3O3/c1-11-18-19-15(22-11)16(9-21-10-16)14-4-2-3-13(17-14)12-5-7-20-8-6-12/h2-4,12H,5-10H2,1H3. The van der Waals surface area contributed by atoms with Gasteiger partial charge in [0.1, 0.15) is 5.41 Å². The third-order valence-electron chi connectivity index (χ3n) is 4.53. The topological polar surface area (TPSA) is 70.3 Å². The van der Waals surface area contributed by atoms with E-state index >= 15 is 0 Å². The van der Waals surface area contributed by atoms with Gasteiger partial charge in [0, 0.05) is 31.7 Å². The summed E-state index contributed by atoms with van der Waals surface area (Å²) < 4.78 is 16.6. The largest absolute Gasteiger partial charge is 0.424 e. The van der Waals surface area contributed by atoms with Gasteiger partial charge in [-0.05, 0) is 25.0 Å². The van der Waals surface area contributed by atoms with Crippen molar-refractivity contribution in [2.75, 3.05) is 26.4 Å². The maximum atomic E-state index is 5.67. The number of rotatable bonds is 3. The molecule has 0 atom stereocenters. The van der Waals surface area contributed by atoms with Crippen molar-refractivity contribution in [2.24, 2.45) is 0 Å². The molecule has 2 aromatic rings. The van der Waals surface area contributed by atoms with Gasteiger partial charge in [0.2, 0.25) is 11.8 Å². The van der Waals surface area contributed by atoms with Gasteiger partial charge in [0.05, 0.1) is 18.9 Å². The van der Waals surface area contributed by atoms with E-state index in [-0.39, 0.29) is 5.41 Å². The molecule has 0 N–H and O–H groups in total. The third-order valence-corrected chi connectivity index (χ3v) is 4.53. The van der Waals surface area contributed by atoms with Gasteiger partial charge in [-0.15, -0.1) is 10.2 Å². The average molecular weight is 301 g/mol. The molecule has 22 heavy (non-hydrogen) atoms. The lowest BCUT2D eigenvalue weighted by Gasteiger charge is -2.38. The normalized spacial score (nSPS) is 21.5. The van der Waals surface area contributed by atoms with Crippen molar-refractivity contribution in [1.29, 1.82) is 0 Å². The molecule has 0 saturated carbocycles. The van der Waals surface area contributed by atoms with Crippen LogP contribution in [0.4, 0.5) is 0 Å². The first-order valence-corrected chi connectivity index (χ1v) is 7.71. The number of ether oxygens (including phenoxy) is 2. The van der Waals surface area contributed by atoms with E-state index in [2.05, 4.69) is 22.3 Å². The number of pyridine rings is 1. The van der Waals surface area contributed by atoms with E-state index in [1.165, 1.54) is 0 Å². The lowest BCUT2D eigenvalue weighted by atomic mass is 9.81. The minimum Gasteiger partial charge on any atom is -0.424 e. The summed E-state index contributed by atoms with van der Waals surface area (Å²) in [6.07, 6.45) is 2.05. The van der Waals surface area contributed by atoms with Crippen LogP contribution in [0.15, 0.2) is 22.6 Å². The zero-order chi connectivity index (χ0) is 15.0. The molecule has 0 unspecified atom stereocenters. The van der Waals surface area contributed by atoms with Gasteiger partial charge in [-0.2, -0.15) is 0 Å². The summed E-state index contributed by atoms with van der Waals surface area (Å²) in [5, 5.41) is 8.16. The van der Waals surface area contributed by atoms with Crippen LogP contribution in [-0.2, 0) is 14.9 Å². The van der Waals surface area contributed by atoms with Crippen molar-refractivity contribution in [3.8, 4) is 0 Å². The SMILES string of the molecule is Cc1nnc(C2(c3cccc(C4CCOCC4)n3)COC2)o1. The van der Waals surface area contributed by atoms with Crippen LogP contribution in [0.2, 0.25) is 0 Å². The highest BCUT2D eigenvalue weighted by Crippen LogP contribution is 2.38. The maximum Gasteiger partial charge on any atom is 0.233 e. The molecule has 0 spiro atoms. The summed E-state index contributed by atoms with van der Waals surface area (Å²) in [5.41, 5.74) is 1.71. The average Bonchev–Trinajstić information content (AvgIpc) is 2.94. The van der Waals surface area contributed by atoms with Crippen LogP contribution in [0.3, 0.4) is 0 Å². The van der Waals surface area contributed by atoms with Gasteiger partial charge in [0.15, 0.2) is 0 Å². The molecule has 0 aromatic carbocycles. The fraction of sp³-hybridized carbons (Fsp3) is 0.562. The van der Waals surface area contributed by atoms with Crippen molar-refractivity contribution in [3.63, 3.8) is 0 Å². The fourth-order valence-corrected chi connectivity index (χ4v) is 3.12. The maximum absolute atomic E-state index is 5.67. The summed E-state index contributed by atoms with van der Waals surface area (Å²) in [7, 11) is 0. The lowest BCUT2D eigenvalue weighted by Crippen LogP contribution is -2.48. The van der Waals surface area contributed by atoms with Crippen molar-refractivity contribution in [3.05, 3.63) is 41.4 Å². The Morgan fingerprint density at radius 2 is 1.91 bits per heavy atom. The fourth-order valence-electron chi connectivity index (χ4n) is 3.12. The van der Waals surface area contributed by atoms with E-state index in [4.69, 9.17) is 18.9 Å². The Kier molecular flexibility index (Phi) is 3.43. The van der Waals surface area contributed by atoms with Crippen LogP contribution in [0.25, 0.3) is 0 Å². The van der Waals surface area contributed by atoms with Crippen LogP contribution < -0.4 is 0 Å². The first-order chi connectivity index (χ1) is 10.8. The molecule has 116 valence electrons. The first-order valence-electron chi connectivity index (χ1n) is 7.71. The number of nitrogens with zero attached hydrogens (tertiary/aromatic N) is 3. The third kappa shape index (κ3) is 2.23. The first kappa shape index (κ1) is 13.8. The summed E-state index contributed by atoms with van der Waals surface area (Å²) >= 11 is 0. The molecule has 6 nitrogen and oxygen atoms in total. The quantitative estimate of drug-likeness (QED) is 0.863. The van der Waals surface area contributed by atoms with E-state index < -0.39 is 0 Å². The molecular formula is C16H19N3O3. The summed E-state index contributed by atoms with van der Waals surface area (Å²) in [5.74, 6) is 1.64. The lowest BCUT2D eigenvalue weighted by molar-refractivity contribution is -0.0526. The molecule has 2 aliphatic rings. The second-order valence-corrected chi connectivity index (χ2v) is 6.04. The molecule has 2 saturated heterocycles. The van der Waals surface area contributed by atoms with Crippen LogP contribution >= 0.6 is 0 Å². The molecule has 0 bridgehead atoms. The molecule has 0 amide bonds. The molecule has 2 fully saturated rings. The Hall–Kier alpha value is -1.79. The van der Waals surface area contributed by atoms with Crippen LogP contribution in [0.5, 0.6) is 0 Å². The highest BCUT2D eigenvalue weighted by atomic mass is 16.5. The minimum absolute atomic E-state index is 0.386. The van der Waals surface area contributed by atoms with E-state index in [0.717, 1.165) is 37.4 Å². The monoisotopic (exact) mass is 301 g/mol. The summed E-state index contributed by atoms with van der Waals surface area (Å²) in [6.45, 7) is 4.51. The van der Waals surface area contributed by atoms with Crippen molar-refractivity contribution >= 4 is 0 Å². The van der Waals surface area contributed by atoms with E-state index in [0.29, 0.717) is 30.9 Å². The number of hydrogen-bond acceptors (Lipinski definition) is 6. The molecule has 2 aliphatic heterocycles. The van der Waals surface area contributed by atoms with Gasteiger partial charge in [-0.25, -0.2) is 0 Å². The van der Waals surface area contributed by atoms with E-state index in [1.807, 2.05) is 6.07 Å². The smallest absolute Gasteiger partial charge is 0.233 e. The molecule has 4 rings (SSSR count). The number of aryl methyl sites for hydroxylation is 1. The van der Waals surface area contributed by atoms with Gasteiger partial charge < -0.3 is 13.9 Å². The van der Waals surface area contributed by atoms with Crippen molar-refractivity contribution in [2.45, 2.75) is 31.1 Å². The van der Waals surface area contributed by atoms with E-state index in [9.17, 15) is 0 Å². The molecule has 2 aromatic heterocycles. The molecule has 6 heteroatoms. The van der Waals surface area contributed by atoms with Crippen molar-refractivity contribution < 1.29 is 13.9 Å². The Labute approximate surface area is 128 Å². The van der Waals surface area contributed by atoms with Crippen LogP contribution in [0.1, 0.15) is 41.9 Å². The molecule has 4 heterocycles. The van der Waals surface area contributed by atoms with E-state index in [1.54, 1.807) is 6.92 Å². The highest BCUT2D eigenvalue weighted by Gasteiger charge is 2.48. The minimum atomic E-state index is -0.386. The Morgan fingerprint density at radius 1 is 1.09 bits per heavy atom. The second-order valence-electron chi connectivity index (χ2n) is 6.04. The Balaban J connectivity index is 1.69. The number of hydrogen-bond donors (Lipinski definition) is 0.